The summed E-state index contributed by atoms with van der Waals surface area (Å²) in [7, 11) is -2.56. The Kier molecular flexibility index (Phi) is 7.88. The number of halogens is 1. The minimum absolute atomic E-state index is 0.0523. The van der Waals surface area contributed by atoms with Crippen molar-refractivity contribution >= 4 is 66.8 Å². The average Bonchev–Trinajstić information content (AvgIpc) is 3.20. The Morgan fingerprint density at radius 3 is 2.43 bits per heavy atom. The van der Waals surface area contributed by atoms with Crippen LogP contribution in [0, 0.1) is 3.57 Å². The highest BCUT2D eigenvalue weighted by Crippen LogP contribution is 2.36. The third-order valence-electron chi connectivity index (χ3n) is 5.42. The van der Waals surface area contributed by atoms with Crippen LogP contribution >= 0.6 is 22.6 Å². The van der Waals surface area contributed by atoms with Gasteiger partial charge in [0.05, 0.1) is 17.5 Å². The van der Waals surface area contributed by atoms with Crippen molar-refractivity contribution in [2.24, 2.45) is 10.2 Å². The molecular weight excluding hydrogens is 611 g/mol. The van der Waals surface area contributed by atoms with E-state index in [1.54, 1.807) is 18.2 Å². The number of carbonyl (C=O) groups is 2. The van der Waals surface area contributed by atoms with E-state index in [0.29, 0.717) is 17.3 Å². The number of aromatic hydroxyl groups is 1. The lowest BCUT2D eigenvalue weighted by Gasteiger charge is -2.09. The molecule has 1 amide bonds. The van der Waals surface area contributed by atoms with E-state index in [2.05, 4.69) is 47.3 Å². The maximum Gasteiger partial charge on any atom is 0.305 e. The normalized spacial score (nSPS) is 11.6. The summed E-state index contributed by atoms with van der Waals surface area (Å²) in [5.41, 5.74) is 2.06. The van der Waals surface area contributed by atoms with Gasteiger partial charge in [-0.1, -0.05) is 12.1 Å². The second-order valence-electron chi connectivity index (χ2n) is 7.92. The Labute approximate surface area is 226 Å². The predicted octanol–water partition coefficient (Wildman–Crippen LogP) is 5.31. The summed E-state index contributed by atoms with van der Waals surface area (Å²) in [6.45, 7) is 0. The van der Waals surface area contributed by atoms with Gasteiger partial charge < -0.3 is 14.8 Å². The number of azo groups is 1. The topological polar surface area (TPSA) is 150 Å². The number of H-pyrrole nitrogens is 1. The molecule has 0 radical (unpaired) electrons. The van der Waals surface area contributed by atoms with E-state index >= 15 is 0 Å². The summed E-state index contributed by atoms with van der Waals surface area (Å²) in [6, 6.07) is 17.4. The molecule has 4 aromatic rings. The number of rotatable bonds is 8. The molecule has 190 valence electrons. The van der Waals surface area contributed by atoms with Crippen LogP contribution in [0.1, 0.15) is 22.3 Å². The van der Waals surface area contributed by atoms with Gasteiger partial charge >= 0.3 is 5.97 Å². The summed E-state index contributed by atoms with van der Waals surface area (Å²) in [5.74, 6) is -1.20. The van der Waals surface area contributed by atoms with Crippen LogP contribution in [-0.4, -0.2) is 37.5 Å². The number of aromatic nitrogens is 1. The molecule has 37 heavy (non-hydrogen) atoms. The first-order valence-corrected chi connectivity index (χ1v) is 13.5. The lowest BCUT2D eigenvalue weighted by Crippen LogP contribution is -2.13. The molecule has 0 aliphatic carbocycles. The van der Waals surface area contributed by atoms with Gasteiger partial charge in [-0.25, -0.2) is 8.42 Å². The second-order valence-corrected chi connectivity index (χ2v) is 10.8. The molecule has 1 aromatic heterocycles. The molecule has 3 aromatic carbocycles. The van der Waals surface area contributed by atoms with Crippen molar-refractivity contribution < 1.29 is 27.9 Å². The molecule has 0 unspecified atom stereocenters. The first-order chi connectivity index (χ1) is 17.7. The molecule has 12 heteroatoms. The van der Waals surface area contributed by atoms with Crippen molar-refractivity contribution in [1.82, 2.24) is 4.98 Å². The zero-order valence-corrected chi connectivity index (χ0v) is 22.4. The second kappa shape index (κ2) is 11.1. The number of benzene rings is 3. The van der Waals surface area contributed by atoms with Gasteiger partial charge in [0.2, 0.25) is 5.88 Å². The quantitative estimate of drug-likeness (QED) is 0.136. The maximum absolute atomic E-state index is 12.7. The molecule has 4 rings (SSSR count). The van der Waals surface area contributed by atoms with Gasteiger partial charge in [0.1, 0.15) is 0 Å². The van der Waals surface area contributed by atoms with Crippen LogP contribution in [0.15, 0.2) is 81.9 Å². The van der Waals surface area contributed by atoms with Crippen molar-refractivity contribution in [2.45, 2.75) is 17.7 Å². The number of hydrogen-bond acceptors (Lipinski definition) is 7. The molecule has 0 atom stereocenters. The number of esters is 1. The van der Waals surface area contributed by atoms with Gasteiger partial charge in [-0.3, -0.25) is 14.3 Å². The molecule has 0 aliphatic heterocycles. The van der Waals surface area contributed by atoms with Crippen molar-refractivity contribution in [3.63, 3.8) is 0 Å². The third-order valence-corrected chi connectivity index (χ3v) is 7.49. The summed E-state index contributed by atoms with van der Waals surface area (Å²) in [5, 5.41) is 18.4. The molecule has 0 fully saturated rings. The molecule has 3 N–H and O–H groups in total. The Morgan fingerprint density at radius 1 is 1.05 bits per heavy atom. The molecular formula is C25H21IN4O6S. The molecule has 0 bridgehead atoms. The third kappa shape index (κ3) is 6.32. The SMILES string of the molecule is COC(=O)CCc1ccc(S(=O)(=O)Nc2ccc(C(=O)N=Nc3c(O)[nH]c4ccc(I)cc34)cc2)cc1. The zero-order valence-electron chi connectivity index (χ0n) is 19.4. The molecule has 0 spiro atoms. The van der Waals surface area contributed by atoms with Crippen LogP contribution in [0.5, 0.6) is 5.88 Å². The number of amides is 1. The predicted molar refractivity (Wildman–Crippen MR) is 146 cm³/mol. The largest absolute Gasteiger partial charge is 0.493 e. The van der Waals surface area contributed by atoms with Gasteiger partial charge in [-0.05, 0) is 89.2 Å². The van der Waals surface area contributed by atoms with Crippen molar-refractivity contribution in [3.8, 4) is 5.88 Å². The summed E-state index contributed by atoms with van der Waals surface area (Å²) in [4.78, 5) is 26.6. The first-order valence-electron chi connectivity index (χ1n) is 10.9. The smallest absolute Gasteiger partial charge is 0.305 e. The van der Waals surface area contributed by atoms with Crippen LogP contribution < -0.4 is 4.72 Å². The van der Waals surface area contributed by atoms with Crippen LogP contribution in [0.4, 0.5) is 11.4 Å². The number of aryl methyl sites for hydroxylation is 1. The van der Waals surface area contributed by atoms with Gasteiger partial charge in [0.25, 0.3) is 15.9 Å². The highest BCUT2D eigenvalue weighted by Gasteiger charge is 2.16. The lowest BCUT2D eigenvalue weighted by molar-refractivity contribution is -0.140. The Morgan fingerprint density at radius 2 is 1.76 bits per heavy atom. The fourth-order valence-corrected chi connectivity index (χ4v) is 5.02. The van der Waals surface area contributed by atoms with Crippen LogP contribution in [0.25, 0.3) is 10.9 Å². The monoisotopic (exact) mass is 632 g/mol. The van der Waals surface area contributed by atoms with Crippen LogP contribution in [0.3, 0.4) is 0 Å². The molecule has 0 saturated heterocycles. The number of ether oxygens (including phenoxy) is 1. The number of methoxy groups -OCH3 is 1. The molecule has 1 heterocycles. The minimum Gasteiger partial charge on any atom is -0.493 e. The van der Waals surface area contributed by atoms with Crippen LogP contribution in [0.2, 0.25) is 0 Å². The van der Waals surface area contributed by atoms with E-state index in [9.17, 15) is 23.1 Å². The zero-order chi connectivity index (χ0) is 26.6. The highest BCUT2D eigenvalue weighted by molar-refractivity contribution is 14.1. The molecule has 10 nitrogen and oxygen atoms in total. The van der Waals surface area contributed by atoms with Gasteiger partial charge in [-0.2, -0.15) is 0 Å². The van der Waals surface area contributed by atoms with E-state index in [4.69, 9.17) is 0 Å². The van der Waals surface area contributed by atoms with Crippen molar-refractivity contribution in [2.75, 3.05) is 11.8 Å². The summed E-state index contributed by atoms with van der Waals surface area (Å²) in [6.07, 6.45) is 0.639. The van der Waals surface area contributed by atoms with Gasteiger partial charge in [0, 0.05) is 26.6 Å². The number of sulfonamides is 1. The number of anilines is 1. The number of hydrogen-bond donors (Lipinski definition) is 3. The van der Waals surface area contributed by atoms with E-state index in [1.165, 1.54) is 43.5 Å². The Hall–Kier alpha value is -3.78. The van der Waals surface area contributed by atoms with E-state index in [-0.39, 0.29) is 40.1 Å². The number of carbonyl (C=O) groups excluding carboxylic acids is 2. The maximum atomic E-state index is 12.7. The molecule has 0 aliphatic rings. The van der Waals surface area contributed by atoms with Gasteiger partial charge in [0.15, 0.2) is 5.69 Å². The fraction of sp³-hybridized carbons (Fsp3) is 0.120. The Balaban J connectivity index is 1.43. The standard InChI is InChI=1S/C25H21IN4O6S/c1-36-22(31)13-4-15-2-10-19(11-3-15)37(34,35)30-18-8-5-16(6-9-18)24(32)29-28-23-20-14-17(26)7-12-21(20)27-25(23)33/h2-3,5-12,14,27,30,33H,4,13H2,1H3. The first kappa shape index (κ1) is 26.3. The average molecular weight is 632 g/mol. The van der Waals surface area contributed by atoms with E-state index < -0.39 is 15.9 Å². The number of aromatic amines is 1. The number of fused-ring (bicyclic) bond motifs is 1. The summed E-state index contributed by atoms with van der Waals surface area (Å²) >= 11 is 2.13. The van der Waals surface area contributed by atoms with Gasteiger partial charge in [-0.15, -0.1) is 10.2 Å². The highest BCUT2D eigenvalue weighted by atomic mass is 127. The lowest BCUT2D eigenvalue weighted by atomic mass is 10.1. The van der Waals surface area contributed by atoms with Crippen molar-refractivity contribution in [1.29, 1.82) is 0 Å². The fourth-order valence-electron chi connectivity index (χ4n) is 3.47. The van der Waals surface area contributed by atoms with E-state index in [1.807, 2.05) is 12.1 Å². The molecule has 0 saturated carbocycles. The number of nitrogens with zero attached hydrogens (tertiary/aromatic N) is 2. The number of nitrogens with one attached hydrogen (secondary N) is 2. The Bertz CT molecular complexity index is 1600. The summed E-state index contributed by atoms with van der Waals surface area (Å²) < 4.78 is 33.5. The van der Waals surface area contributed by atoms with E-state index in [0.717, 1.165) is 9.13 Å². The van der Waals surface area contributed by atoms with Crippen LogP contribution in [-0.2, 0) is 26.0 Å². The minimum atomic E-state index is -3.87. The van der Waals surface area contributed by atoms with Crippen molar-refractivity contribution in [3.05, 3.63) is 81.4 Å².